The van der Waals surface area contributed by atoms with E-state index in [1.807, 2.05) is 0 Å². The van der Waals surface area contributed by atoms with E-state index < -0.39 is 10.0 Å². The van der Waals surface area contributed by atoms with Gasteiger partial charge in [0, 0.05) is 15.2 Å². The number of benzene rings is 3. The number of anilines is 1. The molecule has 140 valence electrons. The Morgan fingerprint density at radius 2 is 1.74 bits per heavy atom. The largest absolute Gasteiger partial charge is 0.506 e. The van der Waals surface area contributed by atoms with Crippen LogP contribution in [0.1, 0.15) is 6.92 Å². The molecule has 0 aliphatic rings. The van der Waals surface area contributed by atoms with Crippen LogP contribution in [0.3, 0.4) is 0 Å². The molecule has 2 N–H and O–H groups in total. The van der Waals surface area contributed by atoms with Crippen molar-refractivity contribution < 1.29 is 18.3 Å². The third-order valence-electron chi connectivity index (χ3n) is 3.78. The number of halogens is 1. The van der Waals surface area contributed by atoms with Crippen LogP contribution in [0.4, 0.5) is 5.69 Å². The molecular weight excluding hydrogens is 450 g/mol. The Morgan fingerprint density at radius 1 is 1.11 bits per heavy atom. The predicted octanol–water partition coefficient (Wildman–Crippen LogP) is 4.79. The van der Waals surface area contributed by atoms with Crippen LogP contribution >= 0.6 is 27.7 Å². The van der Waals surface area contributed by atoms with Gasteiger partial charge in [-0.15, -0.1) is 11.8 Å². The minimum absolute atomic E-state index is 0.0310. The fourth-order valence-electron chi connectivity index (χ4n) is 2.53. The van der Waals surface area contributed by atoms with E-state index in [-0.39, 0.29) is 22.2 Å². The molecule has 0 saturated heterocycles. The van der Waals surface area contributed by atoms with E-state index in [1.54, 1.807) is 42.5 Å². The Kier molecular flexibility index (Phi) is 5.78. The smallest absolute Gasteiger partial charge is 0.261 e. The topological polar surface area (TPSA) is 83.5 Å². The molecule has 3 rings (SSSR count). The second-order valence-corrected chi connectivity index (χ2v) is 9.48. The quantitative estimate of drug-likeness (QED) is 0.403. The Labute approximate surface area is 170 Å². The van der Waals surface area contributed by atoms with Crippen molar-refractivity contribution in [2.45, 2.75) is 16.7 Å². The van der Waals surface area contributed by atoms with Crippen LogP contribution in [0.2, 0.25) is 0 Å². The molecule has 0 fully saturated rings. The van der Waals surface area contributed by atoms with Crippen molar-refractivity contribution >= 4 is 60.0 Å². The number of hydrogen-bond acceptors (Lipinski definition) is 5. The number of fused-ring (bicyclic) bond motifs is 1. The number of Topliss-reactive ketones (excluding diaryl/α,β-unsaturated/α-hetero) is 1. The first-order chi connectivity index (χ1) is 12.8. The molecule has 0 amide bonds. The van der Waals surface area contributed by atoms with Crippen LogP contribution in [0.5, 0.6) is 5.75 Å². The van der Waals surface area contributed by atoms with Crippen molar-refractivity contribution in [3.63, 3.8) is 0 Å². The molecule has 0 aliphatic carbocycles. The summed E-state index contributed by atoms with van der Waals surface area (Å²) in [5, 5.41) is 11.6. The van der Waals surface area contributed by atoms with Crippen LogP contribution in [0.25, 0.3) is 10.8 Å². The SMILES string of the molecule is CC(=O)CSc1cc(NS(=O)(=O)c2ccc(Br)cc2)c2ccccc2c1O. The van der Waals surface area contributed by atoms with Crippen molar-refractivity contribution in [1.82, 2.24) is 0 Å². The predicted molar refractivity (Wildman–Crippen MR) is 112 cm³/mol. The number of aromatic hydroxyl groups is 1. The maximum Gasteiger partial charge on any atom is 0.261 e. The van der Waals surface area contributed by atoms with Crippen LogP contribution in [-0.2, 0) is 14.8 Å². The van der Waals surface area contributed by atoms with Crippen LogP contribution in [0.15, 0.2) is 68.9 Å². The number of thioether (sulfide) groups is 1. The Balaban J connectivity index is 2.08. The molecule has 0 unspecified atom stereocenters. The molecule has 3 aromatic carbocycles. The van der Waals surface area contributed by atoms with Gasteiger partial charge >= 0.3 is 0 Å². The van der Waals surface area contributed by atoms with E-state index >= 15 is 0 Å². The lowest BCUT2D eigenvalue weighted by molar-refractivity contribution is -0.114. The lowest BCUT2D eigenvalue weighted by Gasteiger charge is -2.14. The van der Waals surface area contributed by atoms with E-state index in [9.17, 15) is 18.3 Å². The number of phenolic OH excluding ortho intramolecular Hbond substituents is 1. The average Bonchev–Trinajstić information content (AvgIpc) is 2.63. The third kappa shape index (κ3) is 4.45. The highest BCUT2D eigenvalue weighted by atomic mass is 79.9. The average molecular weight is 466 g/mol. The minimum Gasteiger partial charge on any atom is -0.506 e. The van der Waals surface area contributed by atoms with E-state index in [4.69, 9.17) is 0 Å². The maximum atomic E-state index is 12.8. The highest BCUT2D eigenvalue weighted by molar-refractivity contribution is 9.10. The van der Waals surface area contributed by atoms with E-state index in [2.05, 4.69) is 20.7 Å². The van der Waals surface area contributed by atoms with Crippen LogP contribution in [-0.4, -0.2) is 25.1 Å². The second-order valence-electron chi connectivity index (χ2n) is 5.87. The lowest BCUT2D eigenvalue weighted by atomic mass is 10.1. The van der Waals surface area contributed by atoms with Gasteiger partial charge in [-0.1, -0.05) is 40.2 Å². The van der Waals surface area contributed by atoms with Crippen LogP contribution in [0, 0.1) is 0 Å². The molecule has 27 heavy (non-hydrogen) atoms. The number of nitrogens with one attached hydrogen (secondary N) is 1. The summed E-state index contributed by atoms with van der Waals surface area (Å²) < 4.78 is 28.9. The standard InChI is InChI=1S/C19H16BrNO4S2/c1-12(22)11-26-18-10-17(15-4-2-3-5-16(15)19(18)23)21-27(24,25)14-8-6-13(20)7-9-14/h2-10,21,23H,11H2,1H3. The van der Waals surface area contributed by atoms with Gasteiger partial charge in [0.1, 0.15) is 11.5 Å². The zero-order chi connectivity index (χ0) is 19.6. The van der Waals surface area contributed by atoms with Gasteiger partial charge < -0.3 is 5.11 Å². The highest BCUT2D eigenvalue weighted by Gasteiger charge is 2.18. The zero-order valence-corrected chi connectivity index (χ0v) is 17.5. The number of sulfonamides is 1. The molecule has 0 spiro atoms. The monoisotopic (exact) mass is 465 g/mol. The number of rotatable bonds is 6. The van der Waals surface area contributed by atoms with Crippen molar-refractivity contribution in [2.75, 3.05) is 10.5 Å². The number of ketones is 1. The van der Waals surface area contributed by atoms with Gasteiger partial charge in [0.2, 0.25) is 0 Å². The number of phenols is 1. The van der Waals surface area contributed by atoms with Crippen molar-refractivity contribution in [3.05, 3.63) is 59.1 Å². The van der Waals surface area contributed by atoms with Gasteiger partial charge in [-0.3, -0.25) is 9.52 Å². The van der Waals surface area contributed by atoms with Gasteiger partial charge in [-0.25, -0.2) is 8.42 Å². The molecule has 8 heteroatoms. The van der Waals surface area contributed by atoms with Gasteiger partial charge in [-0.05, 0) is 37.3 Å². The third-order valence-corrected chi connectivity index (χ3v) is 6.86. The first-order valence-corrected chi connectivity index (χ1v) is 11.2. The van der Waals surface area contributed by atoms with Gasteiger partial charge in [0.05, 0.1) is 21.2 Å². The molecule has 0 aromatic heterocycles. The first-order valence-electron chi connectivity index (χ1n) is 7.93. The molecule has 0 aliphatic heterocycles. The number of carbonyl (C=O) groups is 1. The molecule has 0 atom stereocenters. The first kappa shape index (κ1) is 19.7. The second kappa shape index (κ2) is 7.92. The maximum absolute atomic E-state index is 12.8. The Bertz CT molecular complexity index is 1110. The van der Waals surface area contributed by atoms with Gasteiger partial charge in [0.15, 0.2) is 0 Å². The molecular formula is C19H16BrNO4S2. The Morgan fingerprint density at radius 3 is 2.37 bits per heavy atom. The van der Waals surface area contributed by atoms with E-state index in [0.29, 0.717) is 21.4 Å². The zero-order valence-electron chi connectivity index (χ0n) is 14.3. The summed E-state index contributed by atoms with van der Waals surface area (Å²) in [4.78, 5) is 11.9. The highest BCUT2D eigenvalue weighted by Crippen LogP contribution is 2.40. The molecule has 0 saturated carbocycles. The normalized spacial score (nSPS) is 11.5. The summed E-state index contributed by atoms with van der Waals surface area (Å²) in [7, 11) is -3.81. The van der Waals surface area contributed by atoms with Crippen molar-refractivity contribution in [3.8, 4) is 5.75 Å². The molecule has 0 heterocycles. The van der Waals surface area contributed by atoms with E-state index in [1.165, 1.54) is 30.8 Å². The summed E-state index contributed by atoms with van der Waals surface area (Å²) in [6.07, 6.45) is 0. The molecule has 5 nitrogen and oxygen atoms in total. The van der Waals surface area contributed by atoms with Crippen molar-refractivity contribution in [2.24, 2.45) is 0 Å². The summed E-state index contributed by atoms with van der Waals surface area (Å²) in [5.74, 6) is 0.179. The Hall–Kier alpha value is -2.03. The summed E-state index contributed by atoms with van der Waals surface area (Å²) in [6, 6.07) is 14.8. The number of hydrogen-bond donors (Lipinski definition) is 2. The number of carbonyl (C=O) groups excluding carboxylic acids is 1. The minimum atomic E-state index is -3.81. The fourth-order valence-corrected chi connectivity index (χ4v) is 4.67. The van der Waals surface area contributed by atoms with Gasteiger partial charge in [0.25, 0.3) is 10.0 Å². The summed E-state index contributed by atoms with van der Waals surface area (Å²) in [6.45, 7) is 1.46. The van der Waals surface area contributed by atoms with Crippen molar-refractivity contribution in [1.29, 1.82) is 0 Å². The van der Waals surface area contributed by atoms with Crippen LogP contribution < -0.4 is 4.72 Å². The summed E-state index contributed by atoms with van der Waals surface area (Å²) in [5.41, 5.74) is 0.345. The summed E-state index contributed by atoms with van der Waals surface area (Å²) >= 11 is 4.45. The fraction of sp³-hybridized carbons (Fsp3) is 0.105. The molecule has 3 aromatic rings. The lowest BCUT2D eigenvalue weighted by Crippen LogP contribution is -2.13. The molecule has 0 radical (unpaired) electrons. The van der Waals surface area contributed by atoms with Gasteiger partial charge in [-0.2, -0.15) is 0 Å². The molecule has 0 bridgehead atoms. The van der Waals surface area contributed by atoms with E-state index in [0.717, 1.165) is 4.47 Å².